The van der Waals surface area contributed by atoms with Crippen LogP contribution in [0.3, 0.4) is 0 Å². The lowest BCUT2D eigenvalue weighted by Gasteiger charge is -2.32. The molecule has 1 aliphatic rings. The lowest BCUT2D eigenvalue weighted by atomic mass is 9.91. The summed E-state index contributed by atoms with van der Waals surface area (Å²) in [4.78, 5) is 0. The van der Waals surface area contributed by atoms with E-state index in [-0.39, 0.29) is 5.75 Å². The average Bonchev–Trinajstić information content (AvgIpc) is 2.66. The second-order valence-corrected chi connectivity index (χ2v) is 4.42. The smallest absolute Gasteiger partial charge is 0.133 e. The number of benzene rings is 1. The molecule has 1 aromatic carbocycles. The van der Waals surface area contributed by atoms with Crippen molar-refractivity contribution >= 4 is 0 Å². The first-order valence-corrected chi connectivity index (χ1v) is 5.15. The fourth-order valence-electron chi connectivity index (χ4n) is 2.12. The van der Waals surface area contributed by atoms with E-state index >= 15 is 0 Å². The van der Waals surface area contributed by atoms with Crippen LogP contribution in [-0.2, 0) is 5.60 Å². The highest BCUT2D eigenvalue weighted by molar-refractivity contribution is 5.78. The molecule has 2 N–H and O–H groups in total. The zero-order valence-electron chi connectivity index (χ0n) is 9.11. The topological polar surface area (TPSA) is 58.1 Å². The number of phenolic OH excluding ortho intramolecular Hbond substituents is 1. The average molecular weight is 216 g/mol. The first kappa shape index (κ1) is 9.27. The third kappa shape index (κ3) is 1.07. The van der Waals surface area contributed by atoms with Gasteiger partial charge in [0, 0.05) is 5.56 Å². The van der Waals surface area contributed by atoms with Crippen molar-refractivity contribution in [2.75, 3.05) is 0 Å². The van der Waals surface area contributed by atoms with Crippen molar-refractivity contribution in [3.63, 3.8) is 0 Å². The number of nitrogens with zero attached hydrogens (tertiary/aromatic N) is 1. The minimum atomic E-state index is -0.427. The largest absolute Gasteiger partial charge is 0.507 e. The Morgan fingerprint density at radius 3 is 3.00 bits per heavy atom. The summed E-state index contributed by atoms with van der Waals surface area (Å²) < 4.78 is 5.86. The van der Waals surface area contributed by atoms with E-state index in [9.17, 15) is 5.11 Å². The van der Waals surface area contributed by atoms with E-state index in [0.29, 0.717) is 11.3 Å². The second kappa shape index (κ2) is 2.78. The van der Waals surface area contributed by atoms with Crippen LogP contribution in [0.5, 0.6) is 11.5 Å². The molecule has 0 radical (unpaired) electrons. The number of fused-ring (bicyclic) bond motifs is 3. The van der Waals surface area contributed by atoms with Gasteiger partial charge in [0.1, 0.15) is 17.1 Å². The van der Waals surface area contributed by atoms with Crippen molar-refractivity contribution in [3.05, 3.63) is 30.0 Å². The van der Waals surface area contributed by atoms with Crippen LogP contribution in [-0.4, -0.2) is 15.3 Å². The molecule has 4 nitrogen and oxygen atoms in total. The maximum Gasteiger partial charge on any atom is 0.133 e. The Hall–Kier alpha value is -1.97. The van der Waals surface area contributed by atoms with Gasteiger partial charge in [-0.15, -0.1) is 0 Å². The molecule has 4 heteroatoms. The molecule has 0 unspecified atom stereocenters. The van der Waals surface area contributed by atoms with Gasteiger partial charge in [0.15, 0.2) is 0 Å². The van der Waals surface area contributed by atoms with Crippen LogP contribution in [0, 0.1) is 0 Å². The van der Waals surface area contributed by atoms with Gasteiger partial charge in [-0.1, -0.05) is 6.07 Å². The number of ether oxygens (including phenoxy) is 1. The van der Waals surface area contributed by atoms with Crippen molar-refractivity contribution in [3.8, 4) is 22.8 Å². The Bertz CT molecular complexity index is 558. The zero-order chi connectivity index (χ0) is 11.3. The van der Waals surface area contributed by atoms with Gasteiger partial charge < -0.3 is 9.84 Å². The van der Waals surface area contributed by atoms with E-state index in [1.807, 2.05) is 19.9 Å². The van der Waals surface area contributed by atoms with Crippen molar-refractivity contribution in [1.82, 2.24) is 10.2 Å². The van der Waals surface area contributed by atoms with E-state index in [1.165, 1.54) is 0 Å². The molecular formula is C12H12N2O2. The lowest BCUT2D eigenvalue weighted by Crippen LogP contribution is -2.28. The molecule has 2 aromatic rings. The summed E-state index contributed by atoms with van der Waals surface area (Å²) in [5.74, 6) is 0.889. The Kier molecular flexibility index (Phi) is 1.61. The maximum absolute atomic E-state index is 9.86. The van der Waals surface area contributed by atoms with Gasteiger partial charge in [0.2, 0.25) is 0 Å². The number of aromatic nitrogens is 2. The standard InChI is InChI=1S/C12H12N2O2/c1-12(2)7-6-13-14-11(7)10-8(15)4-3-5-9(10)16-12/h3-6,15H,1-2H3,(H,13,14). The highest BCUT2D eigenvalue weighted by atomic mass is 16.5. The normalized spacial score (nSPS) is 16.1. The summed E-state index contributed by atoms with van der Waals surface area (Å²) in [5.41, 5.74) is 2.06. The van der Waals surface area contributed by atoms with Gasteiger partial charge in [-0.25, -0.2) is 0 Å². The lowest BCUT2D eigenvalue weighted by molar-refractivity contribution is 0.105. The van der Waals surface area contributed by atoms with Gasteiger partial charge in [-0.2, -0.15) is 5.10 Å². The van der Waals surface area contributed by atoms with Crippen molar-refractivity contribution in [2.45, 2.75) is 19.4 Å². The number of H-pyrrole nitrogens is 1. The first-order chi connectivity index (χ1) is 7.59. The van der Waals surface area contributed by atoms with Crippen LogP contribution >= 0.6 is 0 Å². The van der Waals surface area contributed by atoms with E-state index in [2.05, 4.69) is 10.2 Å². The van der Waals surface area contributed by atoms with Gasteiger partial charge in [-0.3, -0.25) is 5.10 Å². The fourth-order valence-corrected chi connectivity index (χ4v) is 2.12. The van der Waals surface area contributed by atoms with Crippen LogP contribution in [0.1, 0.15) is 19.4 Å². The fraction of sp³-hybridized carbons (Fsp3) is 0.250. The number of nitrogens with one attached hydrogen (secondary N) is 1. The Morgan fingerprint density at radius 1 is 1.38 bits per heavy atom. The minimum absolute atomic E-state index is 0.207. The highest BCUT2D eigenvalue weighted by Gasteiger charge is 2.35. The van der Waals surface area contributed by atoms with Crippen LogP contribution < -0.4 is 4.74 Å². The van der Waals surface area contributed by atoms with E-state index in [1.54, 1.807) is 18.3 Å². The highest BCUT2D eigenvalue weighted by Crippen LogP contribution is 2.47. The summed E-state index contributed by atoms with van der Waals surface area (Å²) in [6, 6.07) is 5.26. The molecule has 0 spiro atoms. The quantitative estimate of drug-likeness (QED) is 0.711. The third-order valence-corrected chi connectivity index (χ3v) is 2.91. The number of hydrogen-bond acceptors (Lipinski definition) is 3. The second-order valence-electron chi connectivity index (χ2n) is 4.42. The molecule has 0 saturated carbocycles. The molecule has 0 aliphatic carbocycles. The van der Waals surface area contributed by atoms with Crippen LogP contribution in [0.15, 0.2) is 24.4 Å². The molecular weight excluding hydrogens is 204 g/mol. The number of rotatable bonds is 0. The molecule has 0 atom stereocenters. The van der Waals surface area contributed by atoms with Gasteiger partial charge in [0.25, 0.3) is 0 Å². The van der Waals surface area contributed by atoms with E-state index < -0.39 is 5.60 Å². The SMILES string of the molecule is CC1(C)Oc2cccc(O)c2-c2[nH]ncc21. The Balaban J connectivity index is 2.35. The number of phenols is 1. The molecule has 16 heavy (non-hydrogen) atoms. The molecule has 0 saturated heterocycles. The molecule has 3 rings (SSSR count). The molecule has 1 aliphatic heterocycles. The first-order valence-electron chi connectivity index (χ1n) is 5.15. The summed E-state index contributed by atoms with van der Waals surface area (Å²) >= 11 is 0. The van der Waals surface area contributed by atoms with Gasteiger partial charge in [0.05, 0.1) is 17.5 Å². The molecule has 2 heterocycles. The molecule has 1 aromatic heterocycles. The predicted molar refractivity (Wildman–Crippen MR) is 59.3 cm³/mol. The van der Waals surface area contributed by atoms with E-state index in [0.717, 1.165) is 11.3 Å². The summed E-state index contributed by atoms with van der Waals surface area (Å²) in [5, 5.41) is 16.8. The zero-order valence-corrected chi connectivity index (χ0v) is 9.11. The molecule has 0 fully saturated rings. The number of aromatic amines is 1. The molecule has 0 bridgehead atoms. The van der Waals surface area contributed by atoms with E-state index in [4.69, 9.17) is 4.74 Å². The van der Waals surface area contributed by atoms with Crippen molar-refractivity contribution in [2.24, 2.45) is 0 Å². The van der Waals surface area contributed by atoms with Crippen LogP contribution in [0.2, 0.25) is 0 Å². The van der Waals surface area contributed by atoms with Crippen LogP contribution in [0.25, 0.3) is 11.3 Å². The number of hydrogen-bond donors (Lipinski definition) is 2. The van der Waals surface area contributed by atoms with Gasteiger partial charge in [-0.05, 0) is 26.0 Å². The minimum Gasteiger partial charge on any atom is -0.507 e. The Labute approximate surface area is 92.9 Å². The summed E-state index contributed by atoms with van der Waals surface area (Å²) in [7, 11) is 0. The molecule has 82 valence electrons. The number of aromatic hydroxyl groups is 1. The third-order valence-electron chi connectivity index (χ3n) is 2.91. The monoisotopic (exact) mass is 216 g/mol. The predicted octanol–water partition coefficient (Wildman–Crippen LogP) is 2.41. The molecule has 0 amide bonds. The van der Waals surface area contributed by atoms with Crippen LogP contribution in [0.4, 0.5) is 0 Å². The van der Waals surface area contributed by atoms with Gasteiger partial charge >= 0.3 is 0 Å². The summed E-state index contributed by atoms with van der Waals surface area (Å²) in [6.45, 7) is 3.96. The van der Waals surface area contributed by atoms with Crippen molar-refractivity contribution < 1.29 is 9.84 Å². The maximum atomic E-state index is 9.86. The summed E-state index contributed by atoms with van der Waals surface area (Å²) in [6.07, 6.45) is 1.74. The Morgan fingerprint density at radius 2 is 2.19 bits per heavy atom. The van der Waals surface area contributed by atoms with Crippen molar-refractivity contribution in [1.29, 1.82) is 0 Å².